The molecule has 14 nitrogen and oxygen atoms in total. The normalized spacial score (nSPS) is 15.1. The van der Waals surface area contributed by atoms with E-state index in [2.05, 4.69) is 43.8 Å². The second kappa shape index (κ2) is 15.9. The third-order valence-electron chi connectivity index (χ3n) is 6.58. The van der Waals surface area contributed by atoms with E-state index >= 15 is 0 Å². The van der Waals surface area contributed by atoms with Crippen molar-refractivity contribution in [3.05, 3.63) is 102 Å². The van der Waals surface area contributed by atoms with Crippen molar-refractivity contribution in [1.29, 1.82) is 0 Å². The summed E-state index contributed by atoms with van der Waals surface area (Å²) in [6, 6.07) is 15.4. The summed E-state index contributed by atoms with van der Waals surface area (Å²) in [6.07, 6.45) is 0.361. The van der Waals surface area contributed by atoms with Crippen LogP contribution in [0.1, 0.15) is 36.6 Å². The highest BCUT2D eigenvalue weighted by Crippen LogP contribution is 2.35. The number of hydrazone groups is 1. The molecule has 0 radical (unpaired) electrons. The first-order valence-electron chi connectivity index (χ1n) is 14.0. The molecule has 0 saturated heterocycles. The number of aliphatic hydroxyl groups is 1. The Labute approximate surface area is 278 Å². The van der Waals surface area contributed by atoms with Gasteiger partial charge in [-0.1, -0.05) is 18.2 Å². The maximum atomic E-state index is 12.4. The van der Waals surface area contributed by atoms with Gasteiger partial charge in [0.2, 0.25) is 0 Å². The van der Waals surface area contributed by atoms with E-state index in [4.69, 9.17) is 18.9 Å². The molecule has 46 heavy (non-hydrogen) atoms. The van der Waals surface area contributed by atoms with Crippen LogP contribution in [0.2, 0.25) is 0 Å². The maximum absolute atomic E-state index is 12.4. The van der Waals surface area contributed by atoms with Crippen LogP contribution >= 0.6 is 22.6 Å². The number of non-ortho nitro benzene ring substituents is 1. The van der Waals surface area contributed by atoms with Gasteiger partial charge < -0.3 is 34.7 Å². The van der Waals surface area contributed by atoms with E-state index in [1.165, 1.54) is 25.5 Å². The van der Waals surface area contributed by atoms with Crippen LogP contribution in [0.5, 0.6) is 17.2 Å². The molecule has 1 aliphatic heterocycles. The number of hydrogen-bond donors (Lipinski definition) is 4. The zero-order valence-electron chi connectivity index (χ0n) is 25.1. The van der Waals surface area contributed by atoms with Crippen molar-refractivity contribution in [3.63, 3.8) is 0 Å². The fraction of sp³-hybridized carbons (Fsp3) is 0.258. The van der Waals surface area contributed by atoms with Crippen molar-refractivity contribution < 1.29 is 38.6 Å². The van der Waals surface area contributed by atoms with E-state index < -0.39 is 29.2 Å². The Kier molecular flexibility index (Phi) is 11.7. The maximum Gasteiger partial charge on any atom is 0.337 e. The fourth-order valence-electron chi connectivity index (χ4n) is 4.46. The molecular weight excluding hydrogens is 713 g/mol. The van der Waals surface area contributed by atoms with Crippen molar-refractivity contribution in [2.75, 3.05) is 20.3 Å². The number of methoxy groups -OCH3 is 1. The van der Waals surface area contributed by atoms with Crippen molar-refractivity contribution >= 4 is 46.5 Å². The number of benzene rings is 3. The van der Waals surface area contributed by atoms with Gasteiger partial charge in [-0.15, -0.1) is 0 Å². The molecule has 3 aromatic rings. The van der Waals surface area contributed by atoms with Gasteiger partial charge in [-0.3, -0.25) is 15.5 Å². The first kappa shape index (κ1) is 34.0. The Hall–Kier alpha value is -4.90. The highest BCUT2D eigenvalue weighted by atomic mass is 127. The van der Waals surface area contributed by atoms with Gasteiger partial charge in [-0.05, 0) is 83.5 Å². The topological polar surface area (TPSA) is 183 Å². The van der Waals surface area contributed by atoms with Crippen LogP contribution in [0.15, 0.2) is 77.0 Å². The summed E-state index contributed by atoms with van der Waals surface area (Å²) in [6.45, 7) is 3.74. The minimum Gasteiger partial charge on any atom is -0.490 e. The highest BCUT2D eigenvalue weighted by molar-refractivity contribution is 14.1. The number of halogens is 1. The van der Waals surface area contributed by atoms with Crippen molar-refractivity contribution in [3.8, 4) is 17.2 Å². The summed E-state index contributed by atoms with van der Waals surface area (Å²) in [5.41, 5.74) is 5.23. The summed E-state index contributed by atoms with van der Waals surface area (Å²) in [5, 5.41) is 30.8. The van der Waals surface area contributed by atoms with Crippen molar-refractivity contribution in [2.45, 2.75) is 32.7 Å². The molecule has 0 spiro atoms. The van der Waals surface area contributed by atoms with E-state index in [-0.39, 0.29) is 24.5 Å². The Balaban J connectivity index is 1.34. The smallest absolute Gasteiger partial charge is 0.337 e. The molecule has 15 heteroatoms. The van der Waals surface area contributed by atoms with Crippen LogP contribution < -0.4 is 30.3 Å². The molecule has 0 bridgehead atoms. The molecule has 2 amide bonds. The zero-order valence-corrected chi connectivity index (χ0v) is 27.3. The number of hydrogen-bond acceptors (Lipinski definition) is 11. The van der Waals surface area contributed by atoms with Gasteiger partial charge in [0.15, 0.2) is 17.7 Å². The Bertz CT molecular complexity index is 1660. The number of carbonyl (C=O) groups excluding carboxylic acids is 2. The van der Waals surface area contributed by atoms with E-state index in [1.807, 2.05) is 6.07 Å². The Morgan fingerprint density at radius 2 is 1.91 bits per heavy atom. The molecule has 1 heterocycles. The number of nitrogens with zero attached hydrogens (tertiary/aromatic N) is 2. The highest BCUT2D eigenvalue weighted by Gasteiger charge is 2.32. The van der Waals surface area contributed by atoms with Gasteiger partial charge in [0.05, 0.1) is 40.0 Å². The summed E-state index contributed by atoms with van der Waals surface area (Å²) < 4.78 is 23.1. The quantitative estimate of drug-likeness (QED) is 0.0464. The van der Waals surface area contributed by atoms with Crippen molar-refractivity contribution in [2.24, 2.45) is 5.10 Å². The van der Waals surface area contributed by atoms with Gasteiger partial charge in [0.25, 0.3) is 5.69 Å². The second-order valence-corrected chi connectivity index (χ2v) is 11.0. The molecule has 3 aromatic carbocycles. The number of amides is 2. The SMILES string of the molecule is CCOc1cc([C@H]2NC(=O)NC(C)=C2C(=O)OC)ccc1OC[C@@H](O)N/N=C\c1ccc(OCc2cccc([N+](=O)[O-])c2)c(I)c1. The van der Waals surface area contributed by atoms with Gasteiger partial charge >= 0.3 is 12.0 Å². The predicted octanol–water partition coefficient (Wildman–Crippen LogP) is 4.30. The number of carbonyl (C=O) groups is 2. The van der Waals surface area contributed by atoms with Crippen LogP contribution in [-0.2, 0) is 16.1 Å². The van der Waals surface area contributed by atoms with E-state index in [9.17, 15) is 24.8 Å². The monoisotopic (exact) mass is 745 g/mol. The number of aliphatic hydroxyl groups excluding tert-OH is 1. The lowest BCUT2D eigenvalue weighted by molar-refractivity contribution is -0.384. The number of rotatable bonds is 14. The Morgan fingerprint density at radius 1 is 1.13 bits per heavy atom. The largest absolute Gasteiger partial charge is 0.490 e. The van der Waals surface area contributed by atoms with Gasteiger partial charge in [0.1, 0.15) is 19.0 Å². The molecule has 0 fully saturated rings. The van der Waals surface area contributed by atoms with Crippen LogP contribution in [0.4, 0.5) is 10.5 Å². The first-order chi connectivity index (χ1) is 22.1. The predicted molar refractivity (Wildman–Crippen MR) is 176 cm³/mol. The molecule has 4 N–H and O–H groups in total. The number of allylic oxidation sites excluding steroid dienone is 1. The molecule has 0 unspecified atom stereocenters. The number of nitro groups is 1. The van der Waals surface area contributed by atoms with E-state index in [0.29, 0.717) is 40.7 Å². The van der Waals surface area contributed by atoms with Gasteiger partial charge in [-0.25, -0.2) is 9.59 Å². The minimum atomic E-state index is -1.16. The summed E-state index contributed by atoms with van der Waals surface area (Å²) >= 11 is 2.12. The number of nitro benzene ring substituents is 1. The molecule has 0 saturated carbocycles. The summed E-state index contributed by atoms with van der Waals surface area (Å²) in [7, 11) is 1.27. The standard InChI is InChI=1S/C31H32IN5O9/c1-4-44-26-14-21(29-28(30(39)43-3)18(2)34-31(40)35-29)9-11-25(26)46-17-27(38)36-33-15-19-8-10-24(23(32)13-19)45-16-20-6-5-7-22(12-20)37(41)42/h5-15,27,29,36,38H,4,16-17H2,1-3H3,(H2,34,35,40)/b33-15-/t27-,29-/m1/s1. The second-order valence-electron chi connectivity index (χ2n) is 9.82. The zero-order chi connectivity index (χ0) is 33.2. The lowest BCUT2D eigenvalue weighted by Gasteiger charge is -2.28. The number of esters is 1. The third kappa shape index (κ3) is 8.85. The molecule has 2 atom stereocenters. The van der Waals surface area contributed by atoms with Crippen LogP contribution in [-0.4, -0.2) is 54.8 Å². The molecule has 4 rings (SSSR count). The lowest BCUT2D eigenvalue weighted by atomic mass is 9.95. The molecular formula is C31H32IN5O9. The average Bonchev–Trinajstić information content (AvgIpc) is 3.03. The van der Waals surface area contributed by atoms with E-state index in [1.54, 1.807) is 56.3 Å². The molecule has 0 aromatic heterocycles. The minimum absolute atomic E-state index is 0.00211. The molecule has 0 aliphatic carbocycles. The van der Waals surface area contributed by atoms with Gasteiger partial charge in [-0.2, -0.15) is 5.10 Å². The Morgan fingerprint density at radius 3 is 2.63 bits per heavy atom. The fourth-order valence-corrected chi connectivity index (χ4v) is 5.15. The molecule has 242 valence electrons. The third-order valence-corrected chi connectivity index (χ3v) is 7.42. The van der Waals surface area contributed by atoms with Crippen molar-refractivity contribution in [1.82, 2.24) is 16.1 Å². The number of nitrogens with one attached hydrogen (secondary N) is 3. The van der Waals surface area contributed by atoms with Crippen LogP contribution in [0, 0.1) is 13.7 Å². The first-order valence-corrected chi connectivity index (χ1v) is 15.1. The van der Waals surface area contributed by atoms with E-state index in [0.717, 1.165) is 9.13 Å². The van der Waals surface area contributed by atoms with Gasteiger partial charge in [0, 0.05) is 17.8 Å². The lowest BCUT2D eigenvalue weighted by Crippen LogP contribution is -2.45. The molecule has 1 aliphatic rings. The summed E-state index contributed by atoms with van der Waals surface area (Å²) in [4.78, 5) is 35.1. The summed E-state index contributed by atoms with van der Waals surface area (Å²) in [5.74, 6) is 0.719. The van der Waals surface area contributed by atoms with Crippen LogP contribution in [0.25, 0.3) is 0 Å². The average molecular weight is 746 g/mol. The number of ether oxygens (including phenoxy) is 4. The number of urea groups is 1. The van der Waals surface area contributed by atoms with Crippen LogP contribution in [0.3, 0.4) is 0 Å².